The zero-order chi connectivity index (χ0) is 6.81. The second kappa shape index (κ2) is 2.84. The van der Waals surface area contributed by atoms with Crippen LogP contribution >= 0.6 is 0 Å². The van der Waals surface area contributed by atoms with Gasteiger partial charge in [-0.1, -0.05) is 0 Å². The number of piperazine rings is 2. The molecule has 4 heteroatoms. The molecular formula is C6H18N4+4. The molecule has 0 bridgehead atoms. The number of nitrogens with two attached hydrogens (primary N) is 4. The third-order valence-electron chi connectivity index (χ3n) is 2.53. The number of fused-ring (bicyclic) bond motifs is 1. The van der Waals surface area contributed by atoms with Gasteiger partial charge < -0.3 is 0 Å². The van der Waals surface area contributed by atoms with E-state index in [0.29, 0.717) is 0 Å². The van der Waals surface area contributed by atoms with Crippen molar-refractivity contribution >= 4 is 0 Å². The Hall–Kier alpha value is -0.160. The maximum absolute atomic E-state index is 2.47. The Kier molecular flexibility index (Phi) is 1.86. The summed E-state index contributed by atoms with van der Waals surface area (Å²) in [7, 11) is 0. The monoisotopic (exact) mass is 146 g/mol. The van der Waals surface area contributed by atoms with Crippen molar-refractivity contribution in [2.75, 3.05) is 26.2 Å². The van der Waals surface area contributed by atoms with Gasteiger partial charge in [-0.25, -0.2) is 0 Å². The summed E-state index contributed by atoms with van der Waals surface area (Å²) < 4.78 is 0. The van der Waals surface area contributed by atoms with Gasteiger partial charge >= 0.3 is 12.3 Å². The van der Waals surface area contributed by atoms with Crippen LogP contribution in [0.5, 0.6) is 0 Å². The van der Waals surface area contributed by atoms with Gasteiger partial charge in [0, 0.05) is 0 Å². The van der Waals surface area contributed by atoms with Crippen molar-refractivity contribution in [2.45, 2.75) is 12.3 Å². The maximum atomic E-state index is 2.47. The van der Waals surface area contributed by atoms with Crippen molar-refractivity contribution in [1.82, 2.24) is 0 Å². The van der Waals surface area contributed by atoms with Crippen LogP contribution in [0.1, 0.15) is 0 Å². The van der Waals surface area contributed by atoms with Gasteiger partial charge in [0.2, 0.25) is 0 Å². The molecule has 0 aliphatic carbocycles. The highest BCUT2D eigenvalue weighted by molar-refractivity contribution is 4.42. The Morgan fingerprint density at radius 1 is 0.600 bits per heavy atom. The minimum atomic E-state index is 0.794. The predicted molar refractivity (Wildman–Crippen MR) is 34.7 cm³/mol. The summed E-state index contributed by atoms with van der Waals surface area (Å²) in [4.78, 5) is 0. The highest BCUT2D eigenvalue weighted by atomic mass is 15.3. The lowest BCUT2D eigenvalue weighted by atomic mass is 10.2. The van der Waals surface area contributed by atoms with Crippen LogP contribution < -0.4 is 21.3 Å². The molecule has 0 atom stereocenters. The van der Waals surface area contributed by atoms with Crippen LogP contribution in [0.4, 0.5) is 0 Å². The van der Waals surface area contributed by atoms with Crippen molar-refractivity contribution in [3.63, 3.8) is 0 Å². The second-order valence-electron chi connectivity index (χ2n) is 3.25. The summed E-state index contributed by atoms with van der Waals surface area (Å²) in [6, 6.07) is 0. The number of quaternary nitrogens is 4. The molecule has 2 rings (SSSR count). The van der Waals surface area contributed by atoms with Crippen molar-refractivity contribution in [3.05, 3.63) is 0 Å². The predicted octanol–water partition coefficient (Wildman–Crippen LogP) is -6.08. The van der Waals surface area contributed by atoms with Crippen LogP contribution in [0, 0.1) is 0 Å². The zero-order valence-corrected chi connectivity index (χ0v) is 6.29. The molecule has 2 heterocycles. The highest BCUT2D eigenvalue weighted by Gasteiger charge is 2.39. The van der Waals surface area contributed by atoms with E-state index in [9.17, 15) is 0 Å². The van der Waals surface area contributed by atoms with Crippen LogP contribution in [0.3, 0.4) is 0 Å². The molecule has 58 valence electrons. The van der Waals surface area contributed by atoms with Gasteiger partial charge in [-0.3, -0.25) is 21.3 Å². The van der Waals surface area contributed by atoms with E-state index in [1.54, 1.807) is 0 Å². The molecule has 0 amide bonds. The maximum Gasteiger partial charge on any atom is 0.318 e. The summed E-state index contributed by atoms with van der Waals surface area (Å²) >= 11 is 0. The van der Waals surface area contributed by atoms with Crippen molar-refractivity contribution in [2.24, 2.45) is 0 Å². The lowest BCUT2D eigenvalue weighted by Gasteiger charge is -2.26. The molecule has 0 aromatic carbocycles. The molecule has 2 fully saturated rings. The first-order valence-corrected chi connectivity index (χ1v) is 4.30. The second-order valence-corrected chi connectivity index (χ2v) is 3.25. The summed E-state index contributed by atoms with van der Waals surface area (Å²) in [6.45, 7) is 5.19. The van der Waals surface area contributed by atoms with Gasteiger partial charge in [0.05, 0.1) is 0 Å². The molecule has 0 aromatic heterocycles. The normalized spacial score (nSPS) is 40.8. The van der Waals surface area contributed by atoms with Crippen LogP contribution in [-0.2, 0) is 0 Å². The van der Waals surface area contributed by atoms with E-state index >= 15 is 0 Å². The first-order chi connectivity index (χ1) is 4.97. The molecule has 0 saturated carbocycles. The molecule has 0 unspecified atom stereocenters. The largest absolute Gasteiger partial charge is 0.318 e. The fraction of sp³-hybridized carbons (Fsp3) is 1.00. The van der Waals surface area contributed by atoms with Crippen LogP contribution in [-0.4, -0.2) is 38.5 Å². The quantitative estimate of drug-likeness (QED) is 0.263. The van der Waals surface area contributed by atoms with Crippen molar-refractivity contribution in [3.8, 4) is 0 Å². The molecule has 4 nitrogen and oxygen atoms in total. The smallest absolute Gasteiger partial charge is 0.282 e. The molecule has 10 heavy (non-hydrogen) atoms. The topological polar surface area (TPSA) is 66.4 Å². The first kappa shape index (κ1) is 6.54. The summed E-state index contributed by atoms with van der Waals surface area (Å²) in [5.41, 5.74) is 0. The van der Waals surface area contributed by atoms with E-state index in [4.69, 9.17) is 0 Å². The standard InChI is InChI=1S/C6H14N4/c1-2-8-6-5(7-1)9-3-4-10-6/h5-10H,1-4H2/p+4. The summed E-state index contributed by atoms with van der Waals surface area (Å²) in [5.74, 6) is 0. The molecule has 0 radical (unpaired) electrons. The molecule has 0 aromatic rings. The molecule has 2 aliphatic rings. The van der Waals surface area contributed by atoms with Crippen LogP contribution in [0.2, 0.25) is 0 Å². The zero-order valence-electron chi connectivity index (χ0n) is 6.29. The van der Waals surface area contributed by atoms with Crippen molar-refractivity contribution < 1.29 is 21.3 Å². The summed E-state index contributed by atoms with van der Waals surface area (Å²) in [6.07, 6.45) is 1.59. The SMILES string of the molecule is C1C[NH2+]C2[NH2+]CC[NH2+]C2[NH2+]1. The molecule has 8 N–H and O–H groups in total. The van der Waals surface area contributed by atoms with Gasteiger partial charge in [0.25, 0.3) is 0 Å². The lowest BCUT2D eigenvalue weighted by Crippen LogP contribution is -3.35. The van der Waals surface area contributed by atoms with E-state index in [2.05, 4.69) is 21.3 Å². The Labute approximate surface area is 60.8 Å². The van der Waals surface area contributed by atoms with Crippen LogP contribution in [0.25, 0.3) is 0 Å². The van der Waals surface area contributed by atoms with Crippen molar-refractivity contribution in [1.29, 1.82) is 0 Å². The van der Waals surface area contributed by atoms with E-state index in [-0.39, 0.29) is 0 Å². The minimum Gasteiger partial charge on any atom is -0.282 e. The average molecular weight is 146 g/mol. The average Bonchev–Trinajstić information content (AvgIpc) is 2.05. The van der Waals surface area contributed by atoms with Gasteiger partial charge in [-0.2, -0.15) is 0 Å². The van der Waals surface area contributed by atoms with Crippen LogP contribution in [0.15, 0.2) is 0 Å². The molecular weight excluding hydrogens is 128 g/mol. The van der Waals surface area contributed by atoms with E-state index in [1.165, 1.54) is 26.2 Å². The van der Waals surface area contributed by atoms with Gasteiger partial charge in [0.1, 0.15) is 26.2 Å². The number of hydrogen-bond acceptors (Lipinski definition) is 0. The third-order valence-corrected chi connectivity index (χ3v) is 2.53. The van der Waals surface area contributed by atoms with E-state index in [1.807, 2.05) is 0 Å². The van der Waals surface area contributed by atoms with Gasteiger partial charge in [-0.05, 0) is 0 Å². The third kappa shape index (κ3) is 1.15. The molecule has 0 spiro atoms. The lowest BCUT2D eigenvalue weighted by molar-refractivity contribution is -1.07. The van der Waals surface area contributed by atoms with Gasteiger partial charge in [0.15, 0.2) is 0 Å². The van der Waals surface area contributed by atoms with Gasteiger partial charge in [-0.15, -0.1) is 0 Å². The van der Waals surface area contributed by atoms with E-state index in [0.717, 1.165) is 12.3 Å². The Balaban J connectivity index is 1.93. The number of hydrogen-bond donors (Lipinski definition) is 4. The summed E-state index contributed by atoms with van der Waals surface area (Å²) in [5, 5.41) is 9.89. The molecule has 2 aliphatic heterocycles. The van der Waals surface area contributed by atoms with E-state index < -0.39 is 0 Å². The highest BCUT2D eigenvalue weighted by Crippen LogP contribution is 1.64. The fourth-order valence-corrected chi connectivity index (χ4v) is 1.98. The minimum absolute atomic E-state index is 0.794. The Bertz CT molecular complexity index is 90.3. The number of rotatable bonds is 0. The Morgan fingerprint density at radius 2 is 0.900 bits per heavy atom. The Morgan fingerprint density at radius 3 is 1.20 bits per heavy atom. The first-order valence-electron chi connectivity index (χ1n) is 4.30. The fourth-order valence-electron chi connectivity index (χ4n) is 1.98. The molecule has 2 saturated heterocycles.